The van der Waals surface area contributed by atoms with Gasteiger partial charge in [-0.2, -0.15) is 9.78 Å². The van der Waals surface area contributed by atoms with Gasteiger partial charge in [-0.25, -0.2) is 0 Å². The summed E-state index contributed by atoms with van der Waals surface area (Å²) in [7, 11) is 0. The second kappa shape index (κ2) is 11.1. The summed E-state index contributed by atoms with van der Waals surface area (Å²) < 4.78 is 7.71. The number of nitrogens with zero attached hydrogens (tertiary/aromatic N) is 4. The number of aromatic nitrogens is 3. The largest absolute Gasteiger partial charge is 0.488 e. The Morgan fingerprint density at radius 2 is 1.73 bits per heavy atom. The highest BCUT2D eigenvalue weighted by Gasteiger charge is 2.11. The minimum Gasteiger partial charge on any atom is -0.488 e. The molecule has 1 heterocycles. The van der Waals surface area contributed by atoms with Crippen LogP contribution < -0.4 is 4.74 Å². The van der Waals surface area contributed by atoms with E-state index in [0.717, 1.165) is 22.4 Å². The fourth-order valence-electron chi connectivity index (χ4n) is 2.92. The molecule has 0 spiro atoms. The SMILES string of the molecule is Cc1nnc(SCc2ccc(Cl)cc2Cl)n1/N=C/c1ccccc1OCc1ccc(Cl)cc1. The van der Waals surface area contributed by atoms with Gasteiger partial charge in [-0.15, -0.1) is 10.2 Å². The number of para-hydroxylation sites is 1. The number of ether oxygens (including phenoxy) is 1. The number of benzene rings is 3. The molecule has 1 aromatic heterocycles. The lowest BCUT2D eigenvalue weighted by molar-refractivity contribution is 0.306. The Labute approximate surface area is 211 Å². The van der Waals surface area contributed by atoms with Gasteiger partial charge in [0.05, 0.1) is 6.21 Å². The van der Waals surface area contributed by atoms with E-state index in [4.69, 9.17) is 39.5 Å². The first-order chi connectivity index (χ1) is 16.0. The molecule has 0 aliphatic rings. The van der Waals surface area contributed by atoms with Crippen LogP contribution in [0.5, 0.6) is 5.75 Å². The normalized spacial score (nSPS) is 11.3. The van der Waals surface area contributed by atoms with E-state index in [9.17, 15) is 0 Å². The summed E-state index contributed by atoms with van der Waals surface area (Å²) in [5.74, 6) is 2.02. The monoisotopic (exact) mass is 516 g/mol. The Bertz CT molecular complexity index is 1280. The molecule has 0 unspecified atom stereocenters. The van der Waals surface area contributed by atoms with Gasteiger partial charge in [0.25, 0.3) is 0 Å². The van der Waals surface area contributed by atoms with Crippen LogP contribution in [0.25, 0.3) is 0 Å². The first kappa shape index (κ1) is 23.6. The molecule has 9 heteroatoms. The van der Waals surface area contributed by atoms with Crippen LogP contribution in [0.15, 0.2) is 77.0 Å². The van der Waals surface area contributed by atoms with E-state index >= 15 is 0 Å². The van der Waals surface area contributed by atoms with Gasteiger partial charge in [0, 0.05) is 26.4 Å². The molecule has 5 nitrogen and oxygen atoms in total. The van der Waals surface area contributed by atoms with Gasteiger partial charge in [-0.1, -0.05) is 76.9 Å². The van der Waals surface area contributed by atoms with Crippen molar-refractivity contribution < 1.29 is 4.74 Å². The zero-order valence-corrected chi connectivity index (χ0v) is 20.7. The quantitative estimate of drug-likeness (QED) is 0.182. The molecule has 0 fully saturated rings. The van der Waals surface area contributed by atoms with Crippen LogP contribution >= 0.6 is 46.6 Å². The van der Waals surface area contributed by atoms with E-state index in [2.05, 4.69) is 15.3 Å². The molecule has 0 bridgehead atoms. The van der Waals surface area contributed by atoms with Crippen LogP contribution in [0.4, 0.5) is 0 Å². The lowest BCUT2D eigenvalue weighted by Gasteiger charge is -2.09. The Morgan fingerprint density at radius 1 is 0.970 bits per heavy atom. The molecule has 3 aromatic carbocycles. The molecule has 0 aliphatic carbocycles. The summed E-state index contributed by atoms with van der Waals surface area (Å²) in [6, 6.07) is 20.7. The van der Waals surface area contributed by atoms with Crippen LogP contribution in [0.1, 0.15) is 22.5 Å². The maximum atomic E-state index is 6.29. The maximum absolute atomic E-state index is 6.29. The van der Waals surface area contributed by atoms with E-state index in [1.54, 1.807) is 17.0 Å². The number of halogens is 3. The molecule has 0 saturated carbocycles. The van der Waals surface area contributed by atoms with Gasteiger partial charge in [-0.3, -0.25) is 0 Å². The fourth-order valence-corrected chi connectivity index (χ4v) is 4.54. The van der Waals surface area contributed by atoms with Gasteiger partial charge < -0.3 is 4.74 Å². The number of rotatable bonds is 8. The predicted octanol–water partition coefficient (Wildman–Crippen LogP) is 7.30. The molecule has 0 aliphatic heterocycles. The number of hydrogen-bond donors (Lipinski definition) is 0. The highest BCUT2D eigenvalue weighted by Crippen LogP contribution is 2.28. The lowest BCUT2D eigenvalue weighted by Crippen LogP contribution is -2.00. The molecule has 168 valence electrons. The van der Waals surface area contributed by atoms with Gasteiger partial charge >= 0.3 is 0 Å². The van der Waals surface area contributed by atoms with Crippen molar-refractivity contribution in [2.45, 2.75) is 24.4 Å². The van der Waals surface area contributed by atoms with Gasteiger partial charge in [-0.05, 0) is 54.4 Å². The van der Waals surface area contributed by atoms with Crippen molar-refractivity contribution in [2.75, 3.05) is 0 Å². The average Bonchev–Trinajstić information content (AvgIpc) is 3.16. The summed E-state index contributed by atoms with van der Waals surface area (Å²) in [6.45, 7) is 2.28. The summed E-state index contributed by atoms with van der Waals surface area (Å²) in [5, 5.41) is 15.6. The van der Waals surface area contributed by atoms with Gasteiger partial charge in [0.2, 0.25) is 5.16 Å². The zero-order valence-electron chi connectivity index (χ0n) is 17.6. The van der Waals surface area contributed by atoms with Crippen LogP contribution in [0.3, 0.4) is 0 Å². The number of hydrogen-bond acceptors (Lipinski definition) is 5. The molecule has 0 amide bonds. The highest BCUT2D eigenvalue weighted by molar-refractivity contribution is 7.98. The third-order valence-electron chi connectivity index (χ3n) is 4.68. The molecule has 4 aromatic rings. The van der Waals surface area contributed by atoms with Crippen molar-refractivity contribution in [1.82, 2.24) is 14.9 Å². The predicted molar refractivity (Wildman–Crippen MR) is 136 cm³/mol. The standard InChI is InChI=1S/C24H19Cl3N4OS/c1-16-29-30-24(33-15-19-8-11-21(26)12-22(19)27)31(16)28-13-18-4-2-3-5-23(18)32-14-17-6-9-20(25)10-7-17/h2-13H,14-15H2,1H3/b28-13+. The second-order valence-corrected chi connectivity index (χ2v) is 9.29. The fraction of sp³-hybridized carbons (Fsp3) is 0.125. The molecule has 0 atom stereocenters. The van der Waals surface area contributed by atoms with E-state index < -0.39 is 0 Å². The first-order valence-corrected chi connectivity index (χ1v) is 12.1. The minimum atomic E-state index is 0.427. The first-order valence-electron chi connectivity index (χ1n) is 9.99. The van der Waals surface area contributed by atoms with E-state index in [1.807, 2.05) is 67.6 Å². The molecule has 0 saturated heterocycles. The van der Waals surface area contributed by atoms with Crippen LogP contribution in [0.2, 0.25) is 15.1 Å². The smallest absolute Gasteiger partial charge is 0.212 e. The number of thioether (sulfide) groups is 1. The molecule has 0 radical (unpaired) electrons. The van der Waals surface area contributed by atoms with Crippen LogP contribution in [-0.4, -0.2) is 21.1 Å². The van der Waals surface area contributed by atoms with Crippen LogP contribution in [0, 0.1) is 6.92 Å². The summed E-state index contributed by atoms with van der Waals surface area (Å²) in [4.78, 5) is 0. The van der Waals surface area contributed by atoms with E-state index in [1.165, 1.54) is 11.8 Å². The Balaban J connectivity index is 1.48. The third-order valence-corrected chi connectivity index (χ3v) is 6.49. The van der Waals surface area contributed by atoms with Crippen LogP contribution in [-0.2, 0) is 12.4 Å². The van der Waals surface area contributed by atoms with Crippen molar-refractivity contribution >= 4 is 52.8 Å². The molecular weight excluding hydrogens is 499 g/mol. The third kappa shape index (κ3) is 6.30. The maximum Gasteiger partial charge on any atom is 0.212 e. The van der Waals surface area contributed by atoms with E-state index in [-0.39, 0.29) is 0 Å². The zero-order chi connectivity index (χ0) is 23.2. The highest BCUT2D eigenvalue weighted by atomic mass is 35.5. The molecular formula is C24H19Cl3N4OS. The average molecular weight is 518 g/mol. The summed E-state index contributed by atoms with van der Waals surface area (Å²) >= 11 is 19.7. The summed E-state index contributed by atoms with van der Waals surface area (Å²) in [5.41, 5.74) is 2.83. The second-order valence-electron chi connectivity index (χ2n) is 7.06. The van der Waals surface area contributed by atoms with E-state index in [0.29, 0.717) is 38.4 Å². The van der Waals surface area contributed by atoms with Crippen molar-refractivity contribution in [3.05, 3.63) is 104 Å². The van der Waals surface area contributed by atoms with Crippen molar-refractivity contribution in [3.8, 4) is 5.75 Å². The topological polar surface area (TPSA) is 52.3 Å². The minimum absolute atomic E-state index is 0.427. The van der Waals surface area contributed by atoms with Gasteiger partial charge in [0.15, 0.2) is 5.82 Å². The van der Waals surface area contributed by atoms with Gasteiger partial charge in [0.1, 0.15) is 12.4 Å². The molecule has 4 rings (SSSR count). The number of aryl methyl sites for hydroxylation is 1. The Hall–Kier alpha value is -2.51. The Kier molecular flexibility index (Phi) is 7.93. The van der Waals surface area contributed by atoms with Crippen molar-refractivity contribution in [3.63, 3.8) is 0 Å². The lowest BCUT2D eigenvalue weighted by atomic mass is 10.2. The van der Waals surface area contributed by atoms with Crippen molar-refractivity contribution in [1.29, 1.82) is 0 Å². The van der Waals surface area contributed by atoms with Crippen molar-refractivity contribution in [2.24, 2.45) is 5.10 Å². The molecule has 33 heavy (non-hydrogen) atoms. The molecule has 0 N–H and O–H groups in total. The Morgan fingerprint density at radius 3 is 2.52 bits per heavy atom. The summed E-state index contributed by atoms with van der Waals surface area (Å²) in [6.07, 6.45) is 1.74.